The third-order valence-electron chi connectivity index (χ3n) is 2.61. The van der Waals surface area contributed by atoms with Gasteiger partial charge in [-0.15, -0.1) is 0 Å². The number of amides is 1. The van der Waals surface area contributed by atoms with Crippen LogP contribution in [0, 0.1) is 17.7 Å². The first-order chi connectivity index (χ1) is 9.19. The first-order valence-electron chi connectivity index (χ1n) is 6.45. The van der Waals surface area contributed by atoms with Crippen molar-refractivity contribution in [2.24, 2.45) is 5.73 Å². The van der Waals surface area contributed by atoms with Crippen LogP contribution in [0.3, 0.4) is 0 Å². The molecule has 0 aliphatic carbocycles. The number of rotatable bonds is 5. The lowest BCUT2D eigenvalue weighted by Gasteiger charge is -2.06. The Morgan fingerprint density at radius 3 is 2.84 bits per heavy atom. The molecule has 0 aliphatic heterocycles. The van der Waals surface area contributed by atoms with Gasteiger partial charge in [-0.2, -0.15) is 0 Å². The van der Waals surface area contributed by atoms with Gasteiger partial charge in [0.25, 0.3) is 5.91 Å². The van der Waals surface area contributed by atoms with Gasteiger partial charge in [0.2, 0.25) is 0 Å². The first kappa shape index (κ1) is 15.2. The van der Waals surface area contributed by atoms with Crippen molar-refractivity contribution in [3.8, 4) is 11.8 Å². The van der Waals surface area contributed by atoms with Crippen molar-refractivity contribution in [1.29, 1.82) is 0 Å². The van der Waals surface area contributed by atoms with Crippen LogP contribution in [0.5, 0.6) is 0 Å². The number of carbonyl (C=O) groups excluding carboxylic acids is 1. The van der Waals surface area contributed by atoms with E-state index in [0.29, 0.717) is 12.1 Å². The highest BCUT2D eigenvalue weighted by Gasteiger charge is 2.10. The summed E-state index contributed by atoms with van der Waals surface area (Å²) in [7, 11) is 0. The highest BCUT2D eigenvalue weighted by atomic mass is 19.1. The minimum atomic E-state index is -0.559. The van der Waals surface area contributed by atoms with Gasteiger partial charge in [0, 0.05) is 12.1 Å². The van der Waals surface area contributed by atoms with E-state index in [2.05, 4.69) is 24.1 Å². The minimum absolute atomic E-state index is 0.0507. The normalized spacial score (nSPS) is 9.63. The fourth-order valence-electron chi connectivity index (χ4n) is 1.60. The van der Waals surface area contributed by atoms with E-state index in [1.807, 2.05) is 0 Å². The van der Waals surface area contributed by atoms with E-state index in [-0.39, 0.29) is 18.0 Å². The van der Waals surface area contributed by atoms with Crippen molar-refractivity contribution >= 4 is 5.91 Å². The number of carbonyl (C=O) groups is 1. The zero-order valence-electron chi connectivity index (χ0n) is 11.1. The van der Waals surface area contributed by atoms with Gasteiger partial charge in [-0.1, -0.05) is 31.6 Å². The van der Waals surface area contributed by atoms with Gasteiger partial charge in [0.05, 0.1) is 12.1 Å². The van der Waals surface area contributed by atoms with Crippen molar-refractivity contribution in [2.75, 3.05) is 13.1 Å². The molecule has 1 aromatic carbocycles. The van der Waals surface area contributed by atoms with Crippen LogP contribution < -0.4 is 11.1 Å². The van der Waals surface area contributed by atoms with Crippen molar-refractivity contribution in [3.05, 3.63) is 35.1 Å². The summed E-state index contributed by atoms with van der Waals surface area (Å²) in [6, 6.07) is 4.32. The Bertz CT molecular complexity index is 489. The van der Waals surface area contributed by atoms with E-state index in [9.17, 15) is 9.18 Å². The van der Waals surface area contributed by atoms with Crippen molar-refractivity contribution in [2.45, 2.75) is 26.2 Å². The minimum Gasteiger partial charge on any atom is -0.352 e. The molecule has 19 heavy (non-hydrogen) atoms. The molecule has 0 aromatic heterocycles. The summed E-state index contributed by atoms with van der Waals surface area (Å²) in [5.74, 6) is 4.42. The third-order valence-corrected chi connectivity index (χ3v) is 2.61. The average Bonchev–Trinajstić information content (AvgIpc) is 2.41. The van der Waals surface area contributed by atoms with Gasteiger partial charge >= 0.3 is 0 Å². The van der Waals surface area contributed by atoms with Crippen molar-refractivity contribution in [1.82, 2.24) is 5.32 Å². The van der Waals surface area contributed by atoms with Gasteiger partial charge in [-0.05, 0) is 24.6 Å². The van der Waals surface area contributed by atoms with Crippen molar-refractivity contribution < 1.29 is 9.18 Å². The molecule has 0 fully saturated rings. The number of hydrogen-bond donors (Lipinski definition) is 2. The molecule has 1 rings (SSSR count). The second kappa shape index (κ2) is 8.28. The van der Waals surface area contributed by atoms with E-state index >= 15 is 0 Å². The first-order valence-corrected chi connectivity index (χ1v) is 6.45. The fraction of sp³-hybridized carbons (Fsp3) is 0.400. The monoisotopic (exact) mass is 262 g/mol. The van der Waals surface area contributed by atoms with Crippen molar-refractivity contribution in [3.63, 3.8) is 0 Å². The van der Waals surface area contributed by atoms with Crippen LogP contribution in [0.2, 0.25) is 0 Å². The molecule has 0 atom stereocenters. The fourth-order valence-corrected chi connectivity index (χ4v) is 1.60. The Kier molecular flexibility index (Phi) is 6.62. The number of unbranched alkanes of at least 4 members (excludes halogenated alkanes) is 2. The summed E-state index contributed by atoms with van der Waals surface area (Å²) in [5, 5.41) is 2.70. The highest BCUT2D eigenvalue weighted by molar-refractivity contribution is 5.94. The largest absolute Gasteiger partial charge is 0.352 e. The predicted molar refractivity (Wildman–Crippen MR) is 74.2 cm³/mol. The number of benzene rings is 1. The molecule has 0 spiro atoms. The van der Waals surface area contributed by atoms with Crippen LogP contribution in [0.1, 0.15) is 42.1 Å². The summed E-state index contributed by atoms with van der Waals surface area (Å²) in [5.41, 5.74) is 5.81. The lowest BCUT2D eigenvalue weighted by molar-refractivity contribution is 0.0949. The molecule has 0 bridgehead atoms. The lowest BCUT2D eigenvalue weighted by Crippen LogP contribution is -2.25. The Balaban J connectivity index is 2.65. The molecule has 0 saturated carbocycles. The number of nitrogens with one attached hydrogen (secondary N) is 1. The maximum absolute atomic E-state index is 13.7. The molecule has 4 heteroatoms. The Hall–Kier alpha value is -1.86. The Morgan fingerprint density at radius 2 is 2.21 bits per heavy atom. The smallest absolute Gasteiger partial charge is 0.254 e. The van der Waals surface area contributed by atoms with Crippen LogP contribution in [0.15, 0.2) is 18.2 Å². The third kappa shape index (κ3) is 5.11. The van der Waals surface area contributed by atoms with E-state index in [1.165, 1.54) is 12.1 Å². The van der Waals surface area contributed by atoms with Crippen LogP contribution >= 0.6 is 0 Å². The van der Waals surface area contributed by atoms with Crippen LogP contribution in [-0.2, 0) is 0 Å². The molecule has 0 unspecified atom stereocenters. The predicted octanol–water partition coefficient (Wildman–Crippen LogP) is 2.06. The molecule has 0 aliphatic rings. The zero-order valence-corrected chi connectivity index (χ0v) is 11.1. The van der Waals surface area contributed by atoms with Gasteiger partial charge in [0.1, 0.15) is 5.82 Å². The average molecular weight is 262 g/mol. The summed E-state index contributed by atoms with van der Waals surface area (Å²) in [6.07, 6.45) is 3.04. The van der Waals surface area contributed by atoms with Gasteiger partial charge < -0.3 is 11.1 Å². The van der Waals surface area contributed by atoms with Gasteiger partial charge in [0.15, 0.2) is 0 Å². The zero-order chi connectivity index (χ0) is 14.1. The standard InChI is InChI=1S/C15H19FN2O/c1-2-3-4-10-18-15(19)13-8-7-12(6-5-9-17)11-14(13)16/h7-8,11H,2-4,9-10,17H2,1H3,(H,18,19). The second-order valence-electron chi connectivity index (χ2n) is 4.16. The molecule has 0 radical (unpaired) electrons. The molecule has 1 aromatic rings. The number of halogens is 1. The molecule has 0 saturated heterocycles. The summed E-state index contributed by atoms with van der Waals surface area (Å²) in [4.78, 5) is 11.7. The molecule has 0 heterocycles. The SMILES string of the molecule is CCCCCNC(=O)c1ccc(C#CCN)cc1F. The molecular formula is C15H19FN2O. The molecule has 3 N–H and O–H groups in total. The van der Waals surface area contributed by atoms with E-state index in [0.717, 1.165) is 19.3 Å². The highest BCUT2D eigenvalue weighted by Crippen LogP contribution is 2.10. The summed E-state index contributed by atoms with van der Waals surface area (Å²) < 4.78 is 13.7. The second-order valence-corrected chi connectivity index (χ2v) is 4.16. The van der Waals surface area contributed by atoms with Gasteiger partial charge in [-0.3, -0.25) is 4.79 Å². The molecule has 102 valence electrons. The van der Waals surface area contributed by atoms with Crippen LogP contribution in [-0.4, -0.2) is 19.0 Å². The Labute approximate surface area is 113 Å². The van der Waals surface area contributed by atoms with Crippen LogP contribution in [0.4, 0.5) is 4.39 Å². The number of hydrogen-bond acceptors (Lipinski definition) is 2. The number of nitrogens with two attached hydrogens (primary N) is 1. The summed E-state index contributed by atoms with van der Waals surface area (Å²) in [6.45, 7) is 2.88. The molecule has 1 amide bonds. The lowest BCUT2D eigenvalue weighted by atomic mass is 10.1. The maximum Gasteiger partial charge on any atom is 0.254 e. The summed E-state index contributed by atoms with van der Waals surface area (Å²) >= 11 is 0. The van der Waals surface area contributed by atoms with E-state index in [4.69, 9.17) is 5.73 Å². The maximum atomic E-state index is 13.7. The van der Waals surface area contributed by atoms with E-state index < -0.39 is 5.82 Å². The quantitative estimate of drug-likeness (QED) is 0.630. The molecular weight excluding hydrogens is 243 g/mol. The van der Waals surface area contributed by atoms with Gasteiger partial charge in [-0.25, -0.2) is 4.39 Å². The topological polar surface area (TPSA) is 55.1 Å². The Morgan fingerprint density at radius 1 is 1.42 bits per heavy atom. The van der Waals surface area contributed by atoms with E-state index in [1.54, 1.807) is 6.07 Å². The molecule has 3 nitrogen and oxygen atoms in total. The van der Waals surface area contributed by atoms with Crippen LogP contribution in [0.25, 0.3) is 0 Å².